The van der Waals surface area contributed by atoms with Gasteiger partial charge in [0.15, 0.2) is 5.65 Å². The smallest absolute Gasteiger partial charge is 0.226 e. The number of H-pyrrole nitrogens is 1. The summed E-state index contributed by atoms with van der Waals surface area (Å²) in [6.07, 6.45) is 2.22. The minimum absolute atomic E-state index is 0.0155. The van der Waals surface area contributed by atoms with E-state index in [2.05, 4.69) is 15.2 Å². The maximum absolute atomic E-state index is 12.7. The predicted molar refractivity (Wildman–Crippen MR) is 103 cm³/mol. The number of ether oxygens (including phenoxy) is 1. The molecule has 0 saturated carbocycles. The van der Waals surface area contributed by atoms with Crippen LogP contribution in [0.5, 0.6) is 5.75 Å². The van der Waals surface area contributed by atoms with Crippen molar-refractivity contribution in [1.29, 1.82) is 0 Å². The molecule has 1 atom stereocenters. The first-order chi connectivity index (χ1) is 13.1. The number of nitrogens with one attached hydrogen (secondary N) is 1. The third-order valence-electron chi connectivity index (χ3n) is 5.05. The summed E-state index contributed by atoms with van der Waals surface area (Å²) in [5.74, 6) is 1.43. The fraction of sp³-hybridized carbons (Fsp3) is 0.350. The van der Waals surface area contributed by atoms with Crippen LogP contribution in [0.2, 0.25) is 0 Å². The maximum atomic E-state index is 12.7. The fourth-order valence-electron chi connectivity index (χ4n) is 3.60. The zero-order valence-corrected chi connectivity index (χ0v) is 15.3. The van der Waals surface area contributed by atoms with Crippen molar-refractivity contribution in [2.45, 2.75) is 32.2 Å². The van der Waals surface area contributed by atoms with Crippen LogP contribution in [0.15, 0.2) is 36.4 Å². The number of fused-ring (bicyclic) bond motifs is 1. The Morgan fingerprint density at radius 3 is 3.04 bits per heavy atom. The van der Waals surface area contributed by atoms with Crippen molar-refractivity contribution in [3.63, 3.8) is 0 Å². The molecule has 0 aliphatic carbocycles. The van der Waals surface area contributed by atoms with E-state index in [1.54, 1.807) is 0 Å². The average molecular weight is 365 g/mol. The van der Waals surface area contributed by atoms with Gasteiger partial charge in [-0.15, -0.1) is 0 Å². The van der Waals surface area contributed by atoms with Crippen molar-refractivity contribution in [2.24, 2.45) is 0 Å². The number of nitrogen functional groups attached to an aromatic ring is 1. The Labute approximate surface area is 157 Å². The lowest BCUT2D eigenvalue weighted by molar-refractivity contribution is -0.132. The first kappa shape index (κ1) is 17.3. The number of aromatic amines is 1. The minimum Gasteiger partial charge on any atom is -0.493 e. The van der Waals surface area contributed by atoms with Gasteiger partial charge in [0.05, 0.1) is 30.1 Å². The number of amides is 1. The molecule has 4 rings (SSSR count). The molecule has 1 aliphatic heterocycles. The first-order valence-electron chi connectivity index (χ1n) is 9.22. The zero-order chi connectivity index (χ0) is 18.8. The molecule has 7 nitrogen and oxygen atoms in total. The fourth-order valence-corrected chi connectivity index (χ4v) is 3.60. The molecule has 0 spiro atoms. The number of aryl methyl sites for hydroxylation is 1. The molecular weight excluding hydrogens is 342 g/mol. The van der Waals surface area contributed by atoms with E-state index in [4.69, 9.17) is 10.5 Å². The summed E-state index contributed by atoms with van der Waals surface area (Å²) < 4.78 is 5.78. The van der Waals surface area contributed by atoms with E-state index >= 15 is 0 Å². The van der Waals surface area contributed by atoms with Gasteiger partial charge < -0.3 is 15.4 Å². The summed E-state index contributed by atoms with van der Waals surface area (Å²) in [6.45, 7) is 3.11. The van der Waals surface area contributed by atoms with Crippen molar-refractivity contribution >= 4 is 22.8 Å². The van der Waals surface area contributed by atoms with E-state index in [9.17, 15) is 4.79 Å². The van der Waals surface area contributed by atoms with Crippen LogP contribution >= 0.6 is 0 Å². The summed E-state index contributed by atoms with van der Waals surface area (Å²) in [6, 6.07) is 11.7. The number of aromatic nitrogens is 3. The molecule has 3 aromatic rings. The Bertz CT molecular complexity index is 968. The molecule has 7 heteroatoms. The monoisotopic (exact) mass is 365 g/mol. The Kier molecular flexibility index (Phi) is 4.66. The second-order valence-corrected chi connectivity index (χ2v) is 6.85. The zero-order valence-electron chi connectivity index (χ0n) is 15.3. The van der Waals surface area contributed by atoms with Crippen molar-refractivity contribution in [2.75, 3.05) is 18.9 Å². The molecule has 0 bridgehead atoms. The number of pyridine rings is 1. The van der Waals surface area contributed by atoms with Gasteiger partial charge >= 0.3 is 0 Å². The van der Waals surface area contributed by atoms with Gasteiger partial charge in [-0.2, -0.15) is 5.10 Å². The molecule has 2 aromatic heterocycles. The summed E-state index contributed by atoms with van der Waals surface area (Å²) in [5.41, 5.74) is 8.35. The number of carbonyl (C=O) groups excluding carboxylic acids is 1. The van der Waals surface area contributed by atoms with Crippen molar-refractivity contribution in [3.05, 3.63) is 47.7 Å². The minimum atomic E-state index is -0.0155. The molecule has 1 saturated heterocycles. The second-order valence-electron chi connectivity index (χ2n) is 6.85. The number of para-hydroxylation sites is 1. The molecule has 3 N–H and O–H groups in total. The Morgan fingerprint density at radius 1 is 1.33 bits per heavy atom. The van der Waals surface area contributed by atoms with E-state index in [1.165, 1.54) is 0 Å². The summed E-state index contributed by atoms with van der Waals surface area (Å²) in [7, 11) is 0. The van der Waals surface area contributed by atoms with Crippen molar-refractivity contribution in [3.8, 4) is 5.75 Å². The largest absolute Gasteiger partial charge is 0.493 e. The van der Waals surface area contributed by atoms with Crippen LogP contribution in [0.1, 0.15) is 36.6 Å². The Hall–Kier alpha value is -3.09. The number of benzene rings is 1. The topological polar surface area (TPSA) is 97.1 Å². The van der Waals surface area contributed by atoms with Gasteiger partial charge in [-0.25, -0.2) is 4.98 Å². The second kappa shape index (κ2) is 7.26. The number of nitrogens with two attached hydrogens (primary N) is 1. The molecule has 1 fully saturated rings. The van der Waals surface area contributed by atoms with Gasteiger partial charge in [0.25, 0.3) is 0 Å². The highest BCUT2D eigenvalue weighted by molar-refractivity contribution is 5.85. The number of rotatable bonds is 5. The number of nitrogens with zero attached hydrogens (tertiary/aromatic N) is 3. The van der Waals surface area contributed by atoms with Gasteiger partial charge in [-0.3, -0.25) is 9.89 Å². The van der Waals surface area contributed by atoms with Crippen LogP contribution in [0.4, 0.5) is 5.82 Å². The van der Waals surface area contributed by atoms with Crippen LogP contribution in [0, 0.1) is 6.92 Å². The van der Waals surface area contributed by atoms with Gasteiger partial charge in [-0.05, 0) is 43.5 Å². The van der Waals surface area contributed by atoms with E-state index in [0.717, 1.165) is 41.8 Å². The van der Waals surface area contributed by atoms with Gasteiger partial charge in [0, 0.05) is 6.54 Å². The number of anilines is 1. The lowest BCUT2D eigenvalue weighted by atomic mass is 10.1. The molecular formula is C20H23N5O2. The summed E-state index contributed by atoms with van der Waals surface area (Å²) in [4.78, 5) is 19.3. The lowest BCUT2D eigenvalue weighted by Gasteiger charge is -2.24. The van der Waals surface area contributed by atoms with Gasteiger partial charge in [0.1, 0.15) is 11.6 Å². The maximum Gasteiger partial charge on any atom is 0.226 e. The average Bonchev–Trinajstić information content (AvgIpc) is 3.30. The van der Waals surface area contributed by atoms with E-state index in [1.807, 2.05) is 48.2 Å². The highest BCUT2D eigenvalue weighted by Gasteiger charge is 2.31. The van der Waals surface area contributed by atoms with E-state index in [0.29, 0.717) is 24.5 Å². The van der Waals surface area contributed by atoms with Gasteiger partial charge in [-0.1, -0.05) is 18.2 Å². The first-order valence-corrected chi connectivity index (χ1v) is 9.22. The number of carbonyl (C=O) groups is 1. The van der Waals surface area contributed by atoms with Crippen molar-refractivity contribution < 1.29 is 9.53 Å². The van der Waals surface area contributed by atoms with Crippen molar-refractivity contribution in [1.82, 2.24) is 20.1 Å². The third-order valence-corrected chi connectivity index (χ3v) is 5.05. The molecule has 1 unspecified atom stereocenters. The molecule has 1 aliphatic rings. The van der Waals surface area contributed by atoms with E-state index in [-0.39, 0.29) is 11.9 Å². The third kappa shape index (κ3) is 3.45. The number of hydrogen-bond acceptors (Lipinski definition) is 5. The molecule has 140 valence electrons. The molecule has 27 heavy (non-hydrogen) atoms. The molecule has 1 amide bonds. The normalized spacial score (nSPS) is 16.8. The number of hydrogen-bond donors (Lipinski definition) is 2. The van der Waals surface area contributed by atoms with Crippen LogP contribution in [-0.4, -0.2) is 39.1 Å². The lowest BCUT2D eigenvalue weighted by Crippen LogP contribution is -2.32. The SMILES string of the molecule is Cc1ccccc1OCCC(=O)N1CCCC1c1ccc2c(N)[nH]nc2n1. The van der Waals surface area contributed by atoms with Crippen LogP contribution in [0.3, 0.4) is 0 Å². The molecule has 0 radical (unpaired) electrons. The molecule has 1 aromatic carbocycles. The van der Waals surface area contributed by atoms with Crippen LogP contribution in [0.25, 0.3) is 11.0 Å². The Morgan fingerprint density at radius 2 is 2.19 bits per heavy atom. The van der Waals surface area contributed by atoms with Crippen LogP contribution < -0.4 is 10.5 Å². The van der Waals surface area contributed by atoms with Crippen LogP contribution in [-0.2, 0) is 4.79 Å². The predicted octanol–water partition coefficient (Wildman–Crippen LogP) is 2.98. The quantitative estimate of drug-likeness (QED) is 0.724. The summed E-state index contributed by atoms with van der Waals surface area (Å²) >= 11 is 0. The highest BCUT2D eigenvalue weighted by atomic mass is 16.5. The molecule has 3 heterocycles. The Balaban J connectivity index is 1.42. The van der Waals surface area contributed by atoms with Gasteiger partial charge in [0.2, 0.25) is 5.91 Å². The summed E-state index contributed by atoms with van der Waals surface area (Å²) in [5, 5.41) is 7.68. The number of likely N-dealkylation sites (tertiary alicyclic amines) is 1. The standard InChI is InChI=1S/C20H23N5O2/c1-13-5-2-3-7-17(13)27-12-10-18(26)25-11-4-6-16(25)15-9-8-14-19(21)23-24-20(14)22-15/h2-3,5,7-9,16H,4,6,10-12H2,1H3,(H3,21,22,23,24). The highest BCUT2D eigenvalue weighted by Crippen LogP contribution is 2.32. The van der Waals surface area contributed by atoms with E-state index < -0.39 is 0 Å².